The van der Waals surface area contributed by atoms with Gasteiger partial charge < -0.3 is 9.79 Å². The van der Waals surface area contributed by atoms with Gasteiger partial charge in [-0.15, -0.1) is 0 Å². The van der Waals surface area contributed by atoms with E-state index in [1.54, 1.807) is 0 Å². The molecule has 0 aliphatic rings. The van der Waals surface area contributed by atoms with Crippen LogP contribution in [0.4, 0.5) is 0 Å². The highest BCUT2D eigenvalue weighted by Gasteiger charge is 2.41. The van der Waals surface area contributed by atoms with E-state index in [0.717, 1.165) is 12.8 Å². The van der Waals surface area contributed by atoms with Gasteiger partial charge in [0.2, 0.25) is 0 Å². The van der Waals surface area contributed by atoms with Crippen molar-refractivity contribution in [1.29, 1.82) is 0 Å². The van der Waals surface area contributed by atoms with Gasteiger partial charge in [0.15, 0.2) is 0 Å². The van der Waals surface area contributed by atoms with Crippen LogP contribution in [-0.2, 0) is 4.57 Å². The van der Waals surface area contributed by atoms with Crippen LogP contribution < -0.4 is 0 Å². The van der Waals surface area contributed by atoms with Crippen LogP contribution >= 0.6 is 7.60 Å². The first kappa shape index (κ1) is 16.1. The van der Waals surface area contributed by atoms with E-state index in [-0.39, 0.29) is 10.8 Å². The molecule has 0 aromatic rings. The first-order valence-electron chi connectivity index (χ1n) is 5.95. The van der Waals surface area contributed by atoms with Crippen LogP contribution in [0.2, 0.25) is 0 Å². The molecule has 0 rings (SSSR count). The second-order valence-electron chi connectivity index (χ2n) is 6.59. The maximum atomic E-state index is 11.6. The Morgan fingerprint density at radius 1 is 1.12 bits per heavy atom. The zero-order chi connectivity index (χ0) is 13.2. The predicted octanol–water partition coefficient (Wildman–Crippen LogP) is 3.80. The number of hydrogen-bond acceptors (Lipinski definition) is 1. The zero-order valence-corrected chi connectivity index (χ0v) is 12.3. The molecule has 0 aromatic heterocycles. The number of hydrogen-bond donors (Lipinski definition) is 2. The average Bonchev–Trinajstić information content (AvgIpc) is 1.96. The first-order chi connectivity index (χ1) is 6.90. The van der Waals surface area contributed by atoms with E-state index in [4.69, 9.17) is 0 Å². The molecule has 0 radical (unpaired) electrons. The second-order valence-corrected chi connectivity index (χ2v) is 8.39. The SMILES string of the molecule is CCCC(C)(C)CC(C(C)(C)C)P(=O)(O)O. The van der Waals surface area contributed by atoms with Crippen LogP contribution in [0.3, 0.4) is 0 Å². The van der Waals surface area contributed by atoms with Crippen LogP contribution in [0.1, 0.15) is 60.8 Å². The van der Waals surface area contributed by atoms with E-state index in [1.807, 2.05) is 20.8 Å². The first-order valence-corrected chi connectivity index (χ1v) is 7.63. The summed E-state index contributed by atoms with van der Waals surface area (Å²) in [7, 11) is -4.02. The Labute approximate surface area is 99.8 Å². The minimum atomic E-state index is -4.02. The molecule has 2 N–H and O–H groups in total. The summed E-state index contributed by atoms with van der Waals surface area (Å²) in [6.45, 7) is 12.0. The summed E-state index contributed by atoms with van der Waals surface area (Å²) >= 11 is 0. The fraction of sp³-hybridized carbons (Fsp3) is 1.00. The van der Waals surface area contributed by atoms with E-state index >= 15 is 0 Å². The molecular weight excluding hydrogens is 223 g/mol. The molecule has 1 unspecified atom stereocenters. The Morgan fingerprint density at radius 3 is 1.81 bits per heavy atom. The van der Waals surface area contributed by atoms with Crippen LogP contribution in [0, 0.1) is 10.8 Å². The van der Waals surface area contributed by atoms with E-state index in [2.05, 4.69) is 20.8 Å². The Morgan fingerprint density at radius 2 is 1.56 bits per heavy atom. The van der Waals surface area contributed by atoms with Gasteiger partial charge >= 0.3 is 7.60 Å². The quantitative estimate of drug-likeness (QED) is 0.730. The molecule has 0 amide bonds. The molecule has 0 aromatic carbocycles. The Kier molecular flexibility index (Phi) is 5.25. The maximum Gasteiger partial charge on any atom is 0.329 e. The van der Waals surface area contributed by atoms with Gasteiger partial charge in [-0.05, 0) is 23.7 Å². The summed E-state index contributed by atoms with van der Waals surface area (Å²) in [5.41, 5.74) is -0.917. The smallest absolute Gasteiger partial charge is 0.324 e. The summed E-state index contributed by atoms with van der Waals surface area (Å²) in [6, 6.07) is 0. The highest BCUT2D eigenvalue weighted by atomic mass is 31.2. The van der Waals surface area contributed by atoms with Crippen molar-refractivity contribution in [2.45, 2.75) is 66.5 Å². The van der Waals surface area contributed by atoms with E-state index < -0.39 is 13.3 Å². The summed E-state index contributed by atoms with van der Waals surface area (Å²) in [4.78, 5) is 18.9. The average molecular weight is 250 g/mol. The lowest BCUT2D eigenvalue weighted by atomic mass is 9.77. The standard InChI is InChI=1S/C12H27O3P/c1-7-8-12(5,6)9-10(11(2,3)4)16(13,14)15/h10H,7-9H2,1-6H3,(H2,13,14,15). The van der Waals surface area contributed by atoms with Gasteiger partial charge in [0.25, 0.3) is 0 Å². The molecule has 0 aliphatic carbocycles. The van der Waals surface area contributed by atoms with Gasteiger partial charge in [0.05, 0.1) is 5.66 Å². The fourth-order valence-electron chi connectivity index (χ4n) is 2.23. The van der Waals surface area contributed by atoms with Crippen molar-refractivity contribution in [3.8, 4) is 0 Å². The number of rotatable bonds is 5. The summed E-state index contributed by atoms with van der Waals surface area (Å²) < 4.78 is 11.6. The third kappa shape index (κ3) is 5.47. The van der Waals surface area contributed by atoms with Gasteiger partial charge in [-0.1, -0.05) is 48.0 Å². The van der Waals surface area contributed by atoms with Gasteiger partial charge in [0.1, 0.15) is 0 Å². The lowest BCUT2D eigenvalue weighted by molar-refractivity contribution is 0.214. The monoisotopic (exact) mass is 250 g/mol. The molecule has 1 atom stereocenters. The van der Waals surface area contributed by atoms with Crippen molar-refractivity contribution in [3.05, 3.63) is 0 Å². The Balaban J connectivity index is 4.91. The molecule has 0 saturated heterocycles. The van der Waals surface area contributed by atoms with Gasteiger partial charge in [-0.3, -0.25) is 4.57 Å². The molecule has 0 heterocycles. The summed E-state index contributed by atoms with van der Waals surface area (Å²) in [5, 5.41) is 0. The third-order valence-corrected chi connectivity index (χ3v) is 4.85. The van der Waals surface area contributed by atoms with Crippen LogP contribution in [0.5, 0.6) is 0 Å². The molecule has 4 heteroatoms. The molecule has 0 spiro atoms. The van der Waals surface area contributed by atoms with Gasteiger partial charge in [-0.2, -0.15) is 0 Å². The molecule has 3 nitrogen and oxygen atoms in total. The van der Waals surface area contributed by atoms with Crippen molar-refractivity contribution < 1.29 is 14.4 Å². The van der Waals surface area contributed by atoms with Crippen molar-refractivity contribution in [1.82, 2.24) is 0 Å². The minimum absolute atomic E-state index is 0.00613. The van der Waals surface area contributed by atoms with Crippen molar-refractivity contribution >= 4 is 7.60 Å². The highest BCUT2D eigenvalue weighted by Crippen LogP contribution is 2.54. The molecular formula is C12H27O3P. The van der Waals surface area contributed by atoms with Crippen LogP contribution in [-0.4, -0.2) is 15.4 Å². The molecule has 0 aliphatic heterocycles. The van der Waals surface area contributed by atoms with Gasteiger partial charge in [0, 0.05) is 0 Å². The van der Waals surface area contributed by atoms with E-state index in [0.29, 0.717) is 6.42 Å². The lowest BCUT2D eigenvalue weighted by Crippen LogP contribution is -2.31. The molecule has 0 bridgehead atoms. The van der Waals surface area contributed by atoms with E-state index in [9.17, 15) is 14.4 Å². The largest absolute Gasteiger partial charge is 0.329 e. The molecule has 0 fully saturated rings. The maximum absolute atomic E-state index is 11.6. The van der Waals surface area contributed by atoms with Crippen molar-refractivity contribution in [2.24, 2.45) is 10.8 Å². The Bertz CT molecular complexity index is 260. The van der Waals surface area contributed by atoms with Crippen molar-refractivity contribution in [2.75, 3.05) is 0 Å². The molecule has 98 valence electrons. The summed E-state index contributed by atoms with van der Waals surface area (Å²) in [6.07, 6.45) is 2.62. The topological polar surface area (TPSA) is 57.5 Å². The van der Waals surface area contributed by atoms with Crippen molar-refractivity contribution in [3.63, 3.8) is 0 Å². The predicted molar refractivity (Wildman–Crippen MR) is 68.6 cm³/mol. The summed E-state index contributed by atoms with van der Waals surface area (Å²) in [5.74, 6) is 0. The third-order valence-electron chi connectivity index (χ3n) is 3.08. The Hall–Kier alpha value is 0.150. The highest BCUT2D eigenvalue weighted by molar-refractivity contribution is 7.52. The van der Waals surface area contributed by atoms with Gasteiger partial charge in [-0.25, -0.2) is 0 Å². The normalized spacial score (nSPS) is 16.2. The minimum Gasteiger partial charge on any atom is -0.324 e. The van der Waals surface area contributed by atoms with Crippen LogP contribution in [0.15, 0.2) is 0 Å². The zero-order valence-electron chi connectivity index (χ0n) is 11.4. The fourth-order valence-corrected chi connectivity index (χ4v) is 3.97. The molecule has 16 heavy (non-hydrogen) atoms. The lowest BCUT2D eigenvalue weighted by Gasteiger charge is -2.37. The van der Waals surface area contributed by atoms with E-state index in [1.165, 1.54) is 0 Å². The van der Waals surface area contributed by atoms with Crippen LogP contribution in [0.25, 0.3) is 0 Å². The second kappa shape index (κ2) is 5.20. The molecule has 0 saturated carbocycles.